The number of carbonyl (C=O) groups is 4. The second-order valence-corrected chi connectivity index (χ2v) is 9.55. The normalized spacial score (nSPS) is 10.2. The first-order valence-electron chi connectivity index (χ1n) is 11.1. The maximum atomic E-state index is 11.9. The van der Waals surface area contributed by atoms with Crippen molar-refractivity contribution in [2.45, 2.75) is 39.5 Å². The number of carbonyl (C=O) groups excluding carboxylic acids is 4. The van der Waals surface area contributed by atoms with Crippen LogP contribution in [0.5, 0.6) is 11.5 Å². The minimum absolute atomic E-state index is 0.115. The number of benzene rings is 2. The van der Waals surface area contributed by atoms with Crippen molar-refractivity contribution in [2.24, 2.45) is 0 Å². The van der Waals surface area contributed by atoms with E-state index in [4.69, 9.17) is 9.47 Å². The summed E-state index contributed by atoms with van der Waals surface area (Å²) in [6.07, 6.45) is 1.06. The van der Waals surface area contributed by atoms with E-state index in [1.807, 2.05) is 38.1 Å². The molecule has 194 valence electrons. The van der Waals surface area contributed by atoms with Crippen molar-refractivity contribution >= 4 is 55.5 Å². The maximum Gasteiger partial charge on any atom is 0.276 e. The summed E-state index contributed by atoms with van der Waals surface area (Å²) in [5, 5.41) is 0. The molecule has 0 bridgehead atoms. The number of halogens is 2. The van der Waals surface area contributed by atoms with Gasteiger partial charge in [0.1, 0.15) is 11.5 Å². The SMILES string of the molecule is Cc1ccc(OCC(=O)NNC(=O)CCCCC(=O)NNC(=O)COc2ccc(C)cc2Br)c(Br)c1. The van der Waals surface area contributed by atoms with E-state index in [0.717, 1.165) is 20.1 Å². The molecule has 0 saturated carbocycles. The molecule has 2 rings (SSSR count). The Morgan fingerprint density at radius 1 is 0.639 bits per heavy atom. The van der Waals surface area contributed by atoms with Gasteiger partial charge < -0.3 is 9.47 Å². The lowest BCUT2D eigenvalue weighted by Crippen LogP contribution is -2.44. The van der Waals surface area contributed by atoms with Gasteiger partial charge in [-0.25, -0.2) is 0 Å². The van der Waals surface area contributed by atoms with Crippen LogP contribution in [0.3, 0.4) is 0 Å². The van der Waals surface area contributed by atoms with Gasteiger partial charge in [-0.2, -0.15) is 0 Å². The summed E-state index contributed by atoms with van der Waals surface area (Å²) in [5.74, 6) is -0.776. The highest BCUT2D eigenvalue weighted by molar-refractivity contribution is 9.10. The molecule has 0 aliphatic heterocycles. The molecule has 0 unspecified atom stereocenters. The number of unbranched alkanes of at least 4 members (excludes halogenated alkanes) is 1. The third kappa shape index (κ3) is 11.1. The van der Waals surface area contributed by atoms with E-state index in [1.54, 1.807) is 12.1 Å². The lowest BCUT2D eigenvalue weighted by Gasteiger charge is -2.11. The zero-order valence-electron chi connectivity index (χ0n) is 19.9. The van der Waals surface area contributed by atoms with Crippen LogP contribution in [0.15, 0.2) is 45.3 Å². The molecule has 12 heteroatoms. The maximum absolute atomic E-state index is 11.9. The van der Waals surface area contributed by atoms with Gasteiger partial charge in [0, 0.05) is 12.8 Å². The van der Waals surface area contributed by atoms with Crippen LogP contribution in [0.4, 0.5) is 0 Å². The molecular weight excluding hydrogens is 600 g/mol. The zero-order chi connectivity index (χ0) is 26.5. The molecule has 0 spiro atoms. The van der Waals surface area contributed by atoms with E-state index in [9.17, 15) is 19.2 Å². The van der Waals surface area contributed by atoms with Crippen LogP contribution in [-0.2, 0) is 19.2 Å². The highest BCUT2D eigenvalue weighted by atomic mass is 79.9. The van der Waals surface area contributed by atoms with Crippen molar-refractivity contribution < 1.29 is 28.7 Å². The van der Waals surface area contributed by atoms with E-state index in [2.05, 4.69) is 53.6 Å². The molecule has 4 N–H and O–H groups in total. The first-order chi connectivity index (χ1) is 17.1. The molecule has 2 aromatic carbocycles. The molecule has 0 aliphatic carbocycles. The van der Waals surface area contributed by atoms with Crippen LogP contribution in [0.1, 0.15) is 36.8 Å². The minimum Gasteiger partial charge on any atom is -0.483 e. The van der Waals surface area contributed by atoms with Gasteiger partial charge in [-0.3, -0.25) is 40.9 Å². The molecule has 0 aromatic heterocycles. The molecule has 0 saturated heterocycles. The standard InChI is InChI=1S/C24H28Br2N4O6/c1-15-7-9-19(17(25)11-15)35-13-23(33)29-27-21(31)5-3-4-6-22(32)28-30-24(34)14-36-20-10-8-16(2)12-18(20)26/h7-12H,3-6,13-14H2,1-2H3,(H,27,31)(H,28,32)(H,29,33)(H,30,34). The number of hydrogen-bond acceptors (Lipinski definition) is 6. The number of rotatable bonds is 11. The van der Waals surface area contributed by atoms with Crippen LogP contribution in [-0.4, -0.2) is 36.8 Å². The zero-order valence-corrected chi connectivity index (χ0v) is 23.1. The molecule has 0 heterocycles. The summed E-state index contributed by atoms with van der Waals surface area (Å²) >= 11 is 6.72. The van der Waals surface area contributed by atoms with E-state index in [1.165, 1.54) is 0 Å². The molecule has 0 atom stereocenters. The molecule has 0 fully saturated rings. The molecule has 10 nitrogen and oxygen atoms in total. The number of amides is 4. The Morgan fingerprint density at radius 3 is 1.36 bits per heavy atom. The lowest BCUT2D eigenvalue weighted by molar-refractivity contribution is -0.130. The predicted molar refractivity (Wildman–Crippen MR) is 140 cm³/mol. The van der Waals surface area contributed by atoms with Crippen molar-refractivity contribution in [3.05, 3.63) is 56.5 Å². The Morgan fingerprint density at radius 2 is 1.00 bits per heavy atom. The van der Waals surface area contributed by atoms with Gasteiger partial charge in [0.15, 0.2) is 13.2 Å². The quantitative estimate of drug-likeness (QED) is 0.223. The molecule has 0 radical (unpaired) electrons. The molecule has 2 aromatic rings. The first kappa shape index (κ1) is 29.1. The van der Waals surface area contributed by atoms with Crippen molar-refractivity contribution in [3.63, 3.8) is 0 Å². The van der Waals surface area contributed by atoms with Crippen molar-refractivity contribution in [1.82, 2.24) is 21.7 Å². The second kappa shape index (κ2) is 15.1. The third-order valence-electron chi connectivity index (χ3n) is 4.63. The Balaban J connectivity index is 1.52. The van der Waals surface area contributed by atoms with Gasteiger partial charge in [-0.15, -0.1) is 0 Å². The molecule has 36 heavy (non-hydrogen) atoms. The summed E-state index contributed by atoms with van der Waals surface area (Å²) in [6, 6.07) is 10.9. The predicted octanol–water partition coefficient (Wildman–Crippen LogP) is 3.14. The van der Waals surface area contributed by atoms with Crippen LogP contribution in [0, 0.1) is 13.8 Å². The average Bonchev–Trinajstić information content (AvgIpc) is 2.83. The van der Waals surface area contributed by atoms with Gasteiger partial charge >= 0.3 is 0 Å². The fourth-order valence-electron chi connectivity index (χ4n) is 2.78. The lowest BCUT2D eigenvalue weighted by atomic mass is 10.2. The highest BCUT2D eigenvalue weighted by Gasteiger charge is 2.10. The van der Waals surface area contributed by atoms with Gasteiger partial charge in [0.05, 0.1) is 8.95 Å². The van der Waals surface area contributed by atoms with Crippen molar-refractivity contribution in [1.29, 1.82) is 0 Å². The molecule has 0 aliphatic rings. The summed E-state index contributed by atoms with van der Waals surface area (Å²) in [5.41, 5.74) is 11.2. The van der Waals surface area contributed by atoms with Gasteiger partial charge in [0.25, 0.3) is 11.8 Å². The third-order valence-corrected chi connectivity index (χ3v) is 5.87. The minimum atomic E-state index is -0.510. The topological polar surface area (TPSA) is 135 Å². The Kier molecular flexibility index (Phi) is 12.2. The van der Waals surface area contributed by atoms with Crippen molar-refractivity contribution in [3.8, 4) is 11.5 Å². The van der Waals surface area contributed by atoms with Gasteiger partial charge in [0.2, 0.25) is 11.8 Å². The smallest absolute Gasteiger partial charge is 0.276 e. The number of nitrogens with one attached hydrogen (secondary N) is 4. The number of hydrazine groups is 2. The largest absolute Gasteiger partial charge is 0.483 e. The van der Waals surface area contributed by atoms with Crippen molar-refractivity contribution in [2.75, 3.05) is 13.2 Å². The Bertz CT molecular complexity index is 1010. The Hall–Kier alpha value is -3.12. The van der Waals surface area contributed by atoms with Crippen LogP contribution in [0.25, 0.3) is 0 Å². The van der Waals surface area contributed by atoms with Crippen LogP contribution >= 0.6 is 31.9 Å². The summed E-state index contributed by atoms with van der Waals surface area (Å²) in [7, 11) is 0. The van der Waals surface area contributed by atoms with Crippen LogP contribution in [0.2, 0.25) is 0 Å². The number of hydrogen-bond donors (Lipinski definition) is 4. The summed E-state index contributed by atoms with van der Waals surface area (Å²) in [6.45, 7) is 3.34. The number of aryl methyl sites for hydroxylation is 2. The van der Waals surface area contributed by atoms with Gasteiger partial charge in [-0.05, 0) is 93.9 Å². The van der Waals surface area contributed by atoms with E-state index < -0.39 is 23.6 Å². The van der Waals surface area contributed by atoms with E-state index in [-0.39, 0.29) is 26.1 Å². The Labute approximate surface area is 226 Å². The number of ether oxygens (including phenoxy) is 2. The molecular formula is C24H28Br2N4O6. The van der Waals surface area contributed by atoms with Crippen LogP contribution < -0.4 is 31.2 Å². The first-order valence-corrected chi connectivity index (χ1v) is 12.7. The second-order valence-electron chi connectivity index (χ2n) is 7.84. The fourth-order valence-corrected chi connectivity index (χ4v) is 3.99. The fraction of sp³-hybridized carbons (Fsp3) is 0.333. The summed E-state index contributed by atoms with van der Waals surface area (Å²) < 4.78 is 12.3. The highest BCUT2D eigenvalue weighted by Crippen LogP contribution is 2.26. The van der Waals surface area contributed by atoms with E-state index >= 15 is 0 Å². The monoisotopic (exact) mass is 626 g/mol. The average molecular weight is 628 g/mol. The van der Waals surface area contributed by atoms with E-state index in [0.29, 0.717) is 24.3 Å². The van der Waals surface area contributed by atoms with Gasteiger partial charge in [-0.1, -0.05) is 12.1 Å². The summed E-state index contributed by atoms with van der Waals surface area (Å²) in [4.78, 5) is 47.4. The molecule has 4 amide bonds.